The molecule has 3 rings (SSSR count). The van der Waals surface area contributed by atoms with E-state index in [0.717, 1.165) is 11.3 Å². The summed E-state index contributed by atoms with van der Waals surface area (Å²) in [6.45, 7) is -1.06. The van der Waals surface area contributed by atoms with Crippen molar-refractivity contribution in [2.75, 3.05) is 25.0 Å². The number of amides is 1. The highest BCUT2D eigenvalue weighted by atomic mass is 32.2. The molecular formula is C18H19F3N2O4S2. The number of anilines is 1. The van der Waals surface area contributed by atoms with Crippen LogP contribution in [0, 0.1) is 5.92 Å². The molecule has 0 spiro atoms. The standard InChI is InChI=1S/C18H19F3N2O4S2/c19-18(20,21)12-27-15-5-2-1-4-14(15)22-17(24)13-7-9-23(10-8-13)29(25,26)16-6-3-11-28-16/h1-6,11,13H,7-10,12H2,(H,22,24). The second kappa shape index (κ2) is 8.72. The van der Waals surface area contributed by atoms with E-state index < -0.39 is 28.7 Å². The van der Waals surface area contributed by atoms with Crippen LogP contribution in [0.3, 0.4) is 0 Å². The molecule has 29 heavy (non-hydrogen) atoms. The van der Waals surface area contributed by atoms with E-state index in [1.54, 1.807) is 17.5 Å². The number of rotatable bonds is 6. The fraction of sp³-hybridized carbons (Fsp3) is 0.389. The maximum atomic E-state index is 12.6. The topological polar surface area (TPSA) is 75.7 Å². The number of carbonyl (C=O) groups excluding carboxylic acids is 1. The third kappa shape index (κ3) is 5.49. The molecule has 0 aliphatic carbocycles. The first-order valence-corrected chi connectivity index (χ1v) is 11.1. The number of sulfonamides is 1. The van der Waals surface area contributed by atoms with Gasteiger partial charge in [-0.2, -0.15) is 17.5 Å². The van der Waals surface area contributed by atoms with Crippen molar-refractivity contribution >= 4 is 33.0 Å². The number of hydrogen-bond donors (Lipinski definition) is 1. The van der Waals surface area contributed by atoms with Crippen LogP contribution >= 0.6 is 11.3 Å². The predicted octanol–water partition coefficient (Wildman–Crippen LogP) is 3.73. The van der Waals surface area contributed by atoms with E-state index in [0.29, 0.717) is 12.8 Å². The van der Waals surface area contributed by atoms with Crippen LogP contribution in [0.2, 0.25) is 0 Å². The zero-order valence-electron chi connectivity index (χ0n) is 15.2. The van der Waals surface area contributed by atoms with Crippen molar-refractivity contribution < 1.29 is 31.1 Å². The number of halogens is 3. The second-order valence-corrected chi connectivity index (χ2v) is 9.61. The lowest BCUT2D eigenvalue weighted by atomic mass is 9.97. The van der Waals surface area contributed by atoms with Gasteiger partial charge in [-0.1, -0.05) is 18.2 Å². The van der Waals surface area contributed by atoms with E-state index in [4.69, 9.17) is 4.74 Å². The number of benzene rings is 1. The van der Waals surface area contributed by atoms with Crippen molar-refractivity contribution in [2.45, 2.75) is 23.2 Å². The Hall–Kier alpha value is -2.11. The van der Waals surface area contributed by atoms with Gasteiger partial charge in [0, 0.05) is 19.0 Å². The molecule has 1 aromatic heterocycles. The molecule has 1 N–H and O–H groups in total. The monoisotopic (exact) mass is 448 g/mol. The van der Waals surface area contributed by atoms with Gasteiger partial charge in [-0.15, -0.1) is 11.3 Å². The van der Waals surface area contributed by atoms with Gasteiger partial charge in [0.1, 0.15) is 9.96 Å². The first-order valence-electron chi connectivity index (χ1n) is 8.80. The Morgan fingerprint density at radius 3 is 2.48 bits per heavy atom. The van der Waals surface area contributed by atoms with Crippen LogP contribution in [0.25, 0.3) is 0 Å². The summed E-state index contributed by atoms with van der Waals surface area (Å²) < 4.78 is 68.6. The largest absolute Gasteiger partial charge is 0.482 e. The molecular weight excluding hydrogens is 429 g/mol. The fourth-order valence-electron chi connectivity index (χ4n) is 2.99. The Balaban J connectivity index is 1.59. The lowest BCUT2D eigenvalue weighted by molar-refractivity contribution is -0.153. The van der Waals surface area contributed by atoms with Gasteiger partial charge in [-0.05, 0) is 36.4 Å². The molecule has 1 saturated heterocycles. The van der Waals surface area contributed by atoms with Gasteiger partial charge < -0.3 is 10.1 Å². The Kier molecular flexibility index (Phi) is 6.49. The molecule has 0 unspecified atom stereocenters. The highest BCUT2D eigenvalue weighted by molar-refractivity contribution is 7.91. The zero-order chi connectivity index (χ0) is 21.1. The van der Waals surface area contributed by atoms with E-state index >= 15 is 0 Å². The molecule has 2 aromatic rings. The quantitative estimate of drug-likeness (QED) is 0.731. The highest BCUT2D eigenvalue weighted by Gasteiger charge is 2.33. The smallest absolute Gasteiger partial charge is 0.422 e. The summed E-state index contributed by atoms with van der Waals surface area (Å²) in [7, 11) is -3.56. The molecule has 0 saturated carbocycles. The molecule has 1 amide bonds. The summed E-state index contributed by atoms with van der Waals surface area (Å²) in [5, 5.41) is 4.29. The molecule has 1 aromatic carbocycles. The normalized spacial score (nSPS) is 16.5. The summed E-state index contributed by atoms with van der Waals surface area (Å²) >= 11 is 1.14. The Morgan fingerprint density at radius 1 is 1.17 bits per heavy atom. The molecule has 1 aliphatic rings. The number of carbonyl (C=O) groups is 1. The third-order valence-electron chi connectivity index (χ3n) is 4.45. The SMILES string of the molecule is O=C(Nc1ccccc1OCC(F)(F)F)C1CCN(S(=O)(=O)c2cccs2)CC1. The van der Waals surface area contributed by atoms with Gasteiger partial charge in [0.25, 0.3) is 10.0 Å². The van der Waals surface area contributed by atoms with E-state index in [2.05, 4.69) is 5.32 Å². The molecule has 11 heteroatoms. The van der Waals surface area contributed by atoms with Crippen molar-refractivity contribution in [3.05, 3.63) is 41.8 Å². The fourth-order valence-corrected chi connectivity index (χ4v) is 5.60. The predicted molar refractivity (Wildman–Crippen MR) is 102 cm³/mol. The van der Waals surface area contributed by atoms with E-state index in [9.17, 15) is 26.4 Å². The van der Waals surface area contributed by atoms with Crippen LogP contribution in [0.1, 0.15) is 12.8 Å². The van der Waals surface area contributed by atoms with Gasteiger partial charge in [0.15, 0.2) is 6.61 Å². The third-order valence-corrected chi connectivity index (χ3v) is 7.72. The van der Waals surface area contributed by atoms with Crippen LogP contribution in [-0.2, 0) is 14.8 Å². The summed E-state index contributed by atoms with van der Waals surface area (Å²) in [6, 6.07) is 9.09. The molecule has 0 atom stereocenters. The molecule has 0 radical (unpaired) electrons. The van der Waals surface area contributed by atoms with Gasteiger partial charge in [-0.25, -0.2) is 8.42 Å². The number of alkyl halides is 3. The average molecular weight is 448 g/mol. The first kappa shape index (κ1) is 21.6. The lowest BCUT2D eigenvalue weighted by Crippen LogP contribution is -2.41. The minimum Gasteiger partial charge on any atom is -0.482 e. The van der Waals surface area contributed by atoms with Crippen molar-refractivity contribution in [1.29, 1.82) is 0 Å². The maximum Gasteiger partial charge on any atom is 0.422 e. The number of nitrogens with zero attached hydrogens (tertiary/aromatic N) is 1. The molecule has 1 aliphatic heterocycles. The summed E-state index contributed by atoms with van der Waals surface area (Å²) in [5.41, 5.74) is 0.149. The second-order valence-electron chi connectivity index (χ2n) is 6.50. The number of nitrogens with one attached hydrogen (secondary N) is 1. The Labute approximate surface area is 170 Å². The maximum absolute atomic E-state index is 12.6. The number of para-hydroxylation sites is 2. The van der Waals surface area contributed by atoms with Crippen LogP contribution in [-0.4, -0.2) is 44.5 Å². The van der Waals surface area contributed by atoms with E-state index in [1.165, 1.54) is 28.6 Å². The molecule has 158 valence electrons. The van der Waals surface area contributed by atoms with Crippen LogP contribution in [0.15, 0.2) is 46.0 Å². The van der Waals surface area contributed by atoms with Crippen LogP contribution in [0.5, 0.6) is 5.75 Å². The summed E-state index contributed by atoms with van der Waals surface area (Å²) in [4.78, 5) is 12.6. The van der Waals surface area contributed by atoms with Gasteiger partial charge >= 0.3 is 6.18 Å². The summed E-state index contributed by atoms with van der Waals surface area (Å²) in [5.74, 6) is -0.891. The number of thiophene rings is 1. The van der Waals surface area contributed by atoms with Gasteiger partial charge in [0.05, 0.1) is 5.69 Å². The molecule has 2 heterocycles. The average Bonchev–Trinajstić information content (AvgIpc) is 3.22. The first-order chi connectivity index (χ1) is 13.7. The van der Waals surface area contributed by atoms with Crippen molar-refractivity contribution in [1.82, 2.24) is 4.31 Å². The highest BCUT2D eigenvalue weighted by Crippen LogP contribution is 2.30. The zero-order valence-corrected chi connectivity index (χ0v) is 16.8. The van der Waals surface area contributed by atoms with Crippen molar-refractivity contribution in [2.24, 2.45) is 5.92 Å². The Morgan fingerprint density at radius 2 is 1.86 bits per heavy atom. The summed E-state index contributed by atoms with van der Waals surface area (Å²) in [6.07, 6.45) is -3.85. The van der Waals surface area contributed by atoms with Crippen LogP contribution in [0.4, 0.5) is 18.9 Å². The van der Waals surface area contributed by atoms with Crippen molar-refractivity contribution in [3.8, 4) is 5.75 Å². The van der Waals surface area contributed by atoms with E-state index in [-0.39, 0.29) is 34.6 Å². The minimum absolute atomic E-state index is 0.0733. The van der Waals surface area contributed by atoms with Gasteiger partial charge in [-0.3, -0.25) is 4.79 Å². The number of ether oxygens (including phenoxy) is 1. The molecule has 6 nitrogen and oxygen atoms in total. The number of hydrogen-bond acceptors (Lipinski definition) is 5. The molecule has 0 bridgehead atoms. The number of piperidine rings is 1. The van der Waals surface area contributed by atoms with Crippen LogP contribution < -0.4 is 10.1 Å². The van der Waals surface area contributed by atoms with Gasteiger partial charge in [0.2, 0.25) is 5.91 Å². The Bertz CT molecular complexity index is 938. The van der Waals surface area contributed by atoms with Crippen molar-refractivity contribution in [3.63, 3.8) is 0 Å². The minimum atomic E-state index is -4.49. The molecule has 1 fully saturated rings. The lowest BCUT2D eigenvalue weighted by Gasteiger charge is -2.30. The van der Waals surface area contributed by atoms with E-state index in [1.807, 2.05) is 0 Å².